The van der Waals surface area contributed by atoms with Crippen molar-refractivity contribution in [2.24, 2.45) is 11.1 Å². The highest BCUT2D eigenvalue weighted by Crippen LogP contribution is 2.28. The van der Waals surface area contributed by atoms with Gasteiger partial charge in [0.25, 0.3) is 0 Å². The van der Waals surface area contributed by atoms with Gasteiger partial charge in [-0.25, -0.2) is 0 Å². The molecular weight excluding hydrogens is 268 g/mol. The van der Waals surface area contributed by atoms with E-state index in [1.807, 2.05) is 45.0 Å². The molecule has 3 atom stereocenters. The van der Waals surface area contributed by atoms with Gasteiger partial charge in [-0.1, -0.05) is 12.1 Å². The third kappa shape index (κ3) is 3.36. The minimum atomic E-state index is -0.653. The first kappa shape index (κ1) is 15.8. The van der Waals surface area contributed by atoms with Crippen LogP contribution >= 0.6 is 0 Å². The highest BCUT2D eigenvalue weighted by atomic mass is 16.5. The van der Waals surface area contributed by atoms with Crippen LogP contribution < -0.4 is 15.8 Å². The molecule has 0 aromatic heterocycles. The lowest BCUT2D eigenvalue weighted by atomic mass is 9.84. The number of amides is 1. The van der Waals surface area contributed by atoms with Gasteiger partial charge in [0.05, 0.1) is 31.3 Å². The molecule has 1 aliphatic heterocycles. The van der Waals surface area contributed by atoms with Crippen molar-refractivity contribution in [1.82, 2.24) is 5.32 Å². The zero-order valence-corrected chi connectivity index (χ0v) is 12.9. The Morgan fingerprint density at radius 3 is 2.71 bits per heavy atom. The number of nitrogens with one attached hydrogen (secondary N) is 1. The van der Waals surface area contributed by atoms with E-state index < -0.39 is 5.41 Å². The van der Waals surface area contributed by atoms with E-state index in [1.54, 1.807) is 0 Å². The van der Waals surface area contributed by atoms with Crippen molar-refractivity contribution in [3.8, 4) is 5.75 Å². The summed E-state index contributed by atoms with van der Waals surface area (Å²) in [6.07, 6.45) is 0. The molecule has 3 unspecified atom stereocenters. The topological polar surface area (TPSA) is 73.6 Å². The first-order chi connectivity index (χ1) is 9.97. The molecule has 1 heterocycles. The highest BCUT2D eigenvalue weighted by molar-refractivity contribution is 5.84. The Morgan fingerprint density at radius 2 is 2.19 bits per heavy atom. The van der Waals surface area contributed by atoms with Crippen LogP contribution in [-0.4, -0.2) is 31.8 Å². The molecule has 1 aromatic rings. The molecular formula is C16H24N2O3. The first-order valence-corrected chi connectivity index (χ1v) is 7.34. The maximum atomic E-state index is 12.4. The molecule has 2 rings (SSSR count). The fourth-order valence-electron chi connectivity index (χ4n) is 2.39. The minimum Gasteiger partial charge on any atom is -0.494 e. The molecule has 1 amide bonds. The zero-order chi connectivity index (χ0) is 15.5. The van der Waals surface area contributed by atoms with Gasteiger partial charge in [-0.3, -0.25) is 4.79 Å². The Bertz CT molecular complexity index is 489. The number of rotatable bonds is 5. The fraction of sp³-hybridized carbons (Fsp3) is 0.562. The Morgan fingerprint density at radius 1 is 1.52 bits per heavy atom. The largest absolute Gasteiger partial charge is 0.494 e. The third-order valence-corrected chi connectivity index (χ3v) is 4.08. The Kier molecular flexibility index (Phi) is 4.85. The smallest absolute Gasteiger partial charge is 0.230 e. The summed E-state index contributed by atoms with van der Waals surface area (Å²) in [5, 5.41) is 3.02. The van der Waals surface area contributed by atoms with E-state index in [0.717, 1.165) is 11.3 Å². The second-order valence-electron chi connectivity index (χ2n) is 5.74. The SMILES string of the molecule is CCOc1ccc(C(C)NC(=O)C2(C)COCC2N)cc1. The number of benzene rings is 1. The van der Waals surface area contributed by atoms with Crippen molar-refractivity contribution in [3.63, 3.8) is 0 Å². The lowest BCUT2D eigenvalue weighted by molar-refractivity contribution is -0.131. The van der Waals surface area contributed by atoms with Crippen molar-refractivity contribution in [3.05, 3.63) is 29.8 Å². The summed E-state index contributed by atoms with van der Waals surface area (Å²) >= 11 is 0. The van der Waals surface area contributed by atoms with Crippen LogP contribution in [0.5, 0.6) is 5.75 Å². The summed E-state index contributed by atoms with van der Waals surface area (Å²) < 4.78 is 10.7. The van der Waals surface area contributed by atoms with E-state index in [0.29, 0.717) is 19.8 Å². The van der Waals surface area contributed by atoms with E-state index in [-0.39, 0.29) is 18.0 Å². The lowest BCUT2D eigenvalue weighted by Crippen LogP contribution is -2.50. The van der Waals surface area contributed by atoms with Crippen LogP contribution in [-0.2, 0) is 9.53 Å². The predicted molar refractivity (Wildman–Crippen MR) is 81.1 cm³/mol. The molecule has 0 saturated carbocycles. The molecule has 1 fully saturated rings. The maximum Gasteiger partial charge on any atom is 0.230 e. The number of ether oxygens (including phenoxy) is 2. The average molecular weight is 292 g/mol. The van der Waals surface area contributed by atoms with E-state index in [9.17, 15) is 4.79 Å². The highest BCUT2D eigenvalue weighted by Gasteiger charge is 2.44. The Labute approximate surface area is 125 Å². The van der Waals surface area contributed by atoms with Crippen molar-refractivity contribution in [2.75, 3.05) is 19.8 Å². The van der Waals surface area contributed by atoms with E-state index >= 15 is 0 Å². The molecule has 1 saturated heterocycles. The number of hydrogen-bond acceptors (Lipinski definition) is 4. The predicted octanol–water partition coefficient (Wildman–Crippen LogP) is 1.63. The molecule has 1 aliphatic rings. The second kappa shape index (κ2) is 6.45. The summed E-state index contributed by atoms with van der Waals surface area (Å²) in [4.78, 5) is 12.4. The van der Waals surface area contributed by atoms with Crippen LogP contribution in [0.2, 0.25) is 0 Å². The summed E-state index contributed by atoms with van der Waals surface area (Å²) in [5.41, 5.74) is 6.36. The summed E-state index contributed by atoms with van der Waals surface area (Å²) in [7, 11) is 0. The van der Waals surface area contributed by atoms with Gasteiger partial charge in [0.1, 0.15) is 5.75 Å². The van der Waals surface area contributed by atoms with Gasteiger partial charge in [-0.05, 0) is 38.5 Å². The van der Waals surface area contributed by atoms with Crippen LogP contribution in [0.3, 0.4) is 0 Å². The molecule has 1 aromatic carbocycles. The van der Waals surface area contributed by atoms with Crippen LogP contribution in [0.25, 0.3) is 0 Å². The van der Waals surface area contributed by atoms with E-state index in [1.165, 1.54) is 0 Å². The number of nitrogens with two attached hydrogens (primary N) is 1. The molecule has 21 heavy (non-hydrogen) atoms. The summed E-state index contributed by atoms with van der Waals surface area (Å²) in [5.74, 6) is 0.770. The van der Waals surface area contributed by atoms with Crippen molar-refractivity contribution >= 4 is 5.91 Å². The van der Waals surface area contributed by atoms with Crippen LogP contribution in [0, 0.1) is 5.41 Å². The van der Waals surface area contributed by atoms with Gasteiger partial charge in [0.15, 0.2) is 0 Å². The van der Waals surface area contributed by atoms with Gasteiger partial charge < -0.3 is 20.5 Å². The van der Waals surface area contributed by atoms with Gasteiger partial charge in [-0.15, -0.1) is 0 Å². The summed E-state index contributed by atoms with van der Waals surface area (Å²) in [6.45, 7) is 7.20. The molecule has 0 radical (unpaired) electrons. The van der Waals surface area contributed by atoms with E-state index in [4.69, 9.17) is 15.2 Å². The second-order valence-corrected chi connectivity index (χ2v) is 5.74. The number of carbonyl (C=O) groups excluding carboxylic acids is 1. The normalized spacial score (nSPS) is 26.4. The fourth-order valence-corrected chi connectivity index (χ4v) is 2.39. The average Bonchev–Trinajstić information content (AvgIpc) is 2.81. The van der Waals surface area contributed by atoms with Crippen LogP contribution in [0.4, 0.5) is 0 Å². The molecule has 0 spiro atoms. The molecule has 0 aliphatic carbocycles. The van der Waals surface area contributed by atoms with Gasteiger partial charge >= 0.3 is 0 Å². The molecule has 3 N–H and O–H groups in total. The number of hydrogen-bond donors (Lipinski definition) is 2. The lowest BCUT2D eigenvalue weighted by Gasteiger charge is -2.27. The standard InChI is InChI=1S/C16H24N2O3/c1-4-21-13-7-5-12(6-8-13)11(2)18-15(19)16(3)10-20-9-14(16)17/h5-8,11,14H,4,9-10,17H2,1-3H3,(H,18,19). The molecule has 116 valence electrons. The molecule has 5 nitrogen and oxygen atoms in total. The van der Waals surface area contributed by atoms with Crippen LogP contribution in [0.15, 0.2) is 24.3 Å². The minimum absolute atomic E-state index is 0.0612. The molecule has 5 heteroatoms. The maximum absolute atomic E-state index is 12.4. The van der Waals surface area contributed by atoms with Crippen molar-refractivity contribution in [1.29, 1.82) is 0 Å². The third-order valence-electron chi connectivity index (χ3n) is 4.08. The van der Waals surface area contributed by atoms with E-state index in [2.05, 4.69) is 5.32 Å². The summed E-state index contributed by atoms with van der Waals surface area (Å²) in [6, 6.07) is 7.40. The Hall–Kier alpha value is -1.59. The van der Waals surface area contributed by atoms with Gasteiger partial charge in [0, 0.05) is 6.04 Å². The number of carbonyl (C=O) groups is 1. The van der Waals surface area contributed by atoms with Gasteiger partial charge in [-0.2, -0.15) is 0 Å². The van der Waals surface area contributed by atoms with Gasteiger partial charge in [0.2, 0.25) is 5.91 Å². The zero-order valence-electron chi connectivity index (χ0n) is 12.9. The van der Waals surface area contributed by atoms with Crippen molar-refractivity contribution in [2.45, 2.75) is 32.9 Å². The van der Waals surface area contributed by atoms with Crippen LogP contribution in [0.1, 0.15) is 32.4 Å². The first-order valence-electron chi connectivity index (χ1n) is 7.34. The van der Waals surface area contributed by atoms with Crippen molar-refractivity contribution < 1.29 is 14.3 Å². The Balaban J connectivity index is 2.00. The molecule has 0 bridgehead atoms. The monoisotopic (exact) mass is 292 g/mol. The quantitative estimate of drug-likeness (QED) is 0.865.